The van der Waals surface area contributed by atoms with Gasteiger partial charge in [0, 0.05) is 23.5 Å². The molecule has 3 nitrogen and oxygen atoms in total. The van der Waals surface area contributed by atoms with Crippen molar-refractivity contribution in [2.75, 3.05) is 13.7 Å². The van der Waals surface area contributed by atoms with E-state index in [2.05, 4.69) is 16.4 Å². The van der Waals surface area contributed by atoms with Crippen LogP contribution in [0.5, 0.6) is 5.75 Å². The number of pyridine rings is 1. The number of nitrogens with one attached hydrogen (secondary N) is 1. The monoisotopic (exact) mass is 276 g/mol. The zero-order valence-corrected chi connectivity index (χ0v) is 11.6. The number of hydrogen-bond acceptors (Lipinski definition) is 3. The minimum atomic E-state index is 0.250. The van der Waals surface area contributed by atoms with E-state index in [9.17, 15) is 0 Å². The van der Waals surface area contributed by atoms with Crippen LogP contribution in [-0.4, -0.2) is 24.7 Å². The van der Waals surface area contributed by atoms with Crippen LogP contribution >= 0.6 is 11.6 Å². The Balaban J connectivity index is 1.87. The third-order valence-electron chi connectivity index (χ3n) is 2.88. The van der Waals surface area contributed by atoms with Gasteiger partial charge in [-0.05, 0) is 49.4 Å². The average molecular weight is 277 g/mol. The SMILES string of the molecule is CNC(COc1ccc(Cl)cc1)Cc1cccnc1. The molecule has 1 N–H and O–H groups in total. The van der Waals surface area contributed by atoms with Gasteiger partial charge in [0.15, 0.2) is 0 Å². The predicted octanol–water partition coefficient (Wildman–Crippen LogP) is 2.94. The fourth-order valence-corrected chi connectivity index (χ4v) is 1.90. The summed E-state index contributed by atoms with van der Waals surface area (Å²) in [7, 11) is 1.94. The molecule has 1 atom stereocenters. The molecule has 0 fully saturated rings. The van der Waals surface area contributed by atoms with Crippen LogP contribution < -0.4 is 10.1 Å². The van der Waals surface area contributed by atoms with Crippen LogP contribution in [0.4, 0.5) is 0 Å². The molecule has 0 radical (unpaired) electrons. The lowest BCUT2D eigenvalue weighted by atomic mass is 10.1. The van der Waals surface area contributed by atoms with Crippen molar-refractivity contribution in [3.8, 4) is 5.75 Å². The molecule has 0 aliphatic rings. The molecule has 2 rings (SSSR count). The molecule has 2 aromatic rings. The second kappa shape index (κ2) is 7.12. The van der Waals surface area contributed by atoms with Crippen LogP contribution in [0.15, 0.2) is 48.8 Å². The van der Waals surface area contributed by atoms with E-state index in [0.717, 1.165) is 12.2 Å². The van der Waals surface area contributed by atoms with Crippen molar-refractivity contribution < 1.29 is 4.74 Å². The smallest absolute Gasteiger partial charge is 0.119 e. The maximum Gasteiger partial charge on any atom is 0.119 e. The zero-order chi connectivity index (χ0) is 13.5. The van der Waals surface area contributed by atoms with Crippen molar-refractivity contribution >= 4 is 11.6 Å². The Bertz CT molecular complexity index is 487. The van der Waals surface area contributed by atoms with Crippen molar-refractivity contribution in [2.24, 2.45) is 0 Å². The Labute approximate surface area is 118 Å². The van der Waals surface area contributed by atoms with Gasteiger partial charge >= 0.3 is 0 Å². The zero-order valence-electron chi connectivity index (χ0n) is 10.8. The number of benzene rings is 1. The fraction of sp³-hybridized carbons (Fsp3) is 0.267. The van der Waals surface area contributed by atoms with Crippen LogP contribution in [0, 0.1) is 0 Å². The second-order valence-corrected chi connectivity index (χ2v) is 4.75. The first-order valence-electron chi connectivity index (χ1n) is 6.22. The molecular formula is C15H17ClN2O. The number of nitrogens with zero attached hydrogens (tertiary/aromatic N) is 1. The number of aromatic nitrogens is 1. The van der Waals surface area contributed by atoms with Gasteiger partial charge in [-0.1, -0.05) is 17.7 Å². The minimum Gasteiger partial charge on any atom is -0.492 e. The molecule has 4 heteroatoms. The molecule has 0 aliphatic carbocycles. The highest BCUT2D eigenvalue weighted by Crippen LogP contribution is 2.15. The van der Waals surface area contributed by atoms with Crippen LogP contribution in [0.25, 0.3) is 0 Å². The van der Waals surface area contributed by atoms with Crippen LogP contribution in [0.2, 0.25) is 5.02 Å². The number of hydrogen-bond donors (Lipinski definition) is 1. The first-order chi connectivity index (χ1) is 9.28. The Kier molecular flexibility index (Phi) is 5.19. The maximum absolute atomic E-state index is 5.83. The standard InChI is InChI=1S/C15H17ClN2O/c1-17-14(9-12-3-2-8-18-10-12)11-19-15-6-4-13(16)5-7-15/h2-8,10,14,17H,9,11H2,1H3. The third-order valence-corrected chi connectivity index (χ3v) is 3.13. The molecule has 0 aliphatic heterocycles. The average Bonchev–Trinajstić information content (AvgIpc) is 2.46. The molecule has 19 heavy (non-hydrogen) atoms. The van der Waals surface area contributed by atoms with Crippen molar-refractivity contribution in [1.29, 1.82) is 0 Å². The van der Waals surface area contributed by atoms with E-state index in [4.69, 9.17) is 16.3 Å². The number of ether oxygens (including phenoxy) is 1. The maximum atomic E-state index is 5.83. The predicted molar refractivity (Wildman–Crippen MR) is 77.7 cm³/mol. The first-order valence-corrected chi connectivity index (χ1v) is 6.60. The summed E-state index contributed by atoms with van der Waals surface area (Å²) in [4.78, 5) is 4.12. The highest BCUT2D eigenvalue weighted by atomic mass is 35.5. The Hall–Kier alpha value is -1.58. The summed E-state index contributed by atoms with van der Waals surface area (Å²) in [6, 6.07) is 11.7. The van der Waals surface area contributed by atoms with Crippen molar-refractivity contribution in [2.45, 2.75) is 12.5 Å². The van der Waals surface area contributed by atoms with Crippen LogP contribution in [0.1, 0.15) is 5.56 Å². The van der Waals surface area contributed by atoms with Crippen LogP contribution in [-0.2, 0) is 6.42 Å². The van der Waals surface area contributed by atoms with E-state index in [0.29, 0.717) is 11.6 Å². The summed E-state index contributed by atoms with van der Waals surface area (Å²) in [5, 5.41) is 3.97. The Morgan fingerprint density at radius 1 is 1.26 bits per heavy atom. The van der Waals surface area contributed by atoms with Gasteiger partial charge in [0.05, 0.1) is 0 Å². The van der Waals surface area contributed by atoms with Gasteiger partial charge in [-0.25, -0.2) is 0 Å². The summed E-state index contributed by atoms with van der Waals surface area (Å²) in [6.07, 6.45) is 4.55. The second-order valence-electron chi connectivity index (χ2n) is 4.32. The lowest BCUT2D eigenvalue weighted by molar-refractivity contribution is 0.269. The van der Waals surface area contributed by atoms with E-state index < -0.39 is 0 Å². The summed E-state index contributed by atoms with van der Waals surface area (Å²) in [5.41, 5.74) is 1.20. The molecule has 0 spiro atoms. The van der Waals surface area contributed by atoms with E-state index in [1.165, 1.54) is 5.56 Å². The fourth-order valence-electron chi connectivity index (χ4n) is 1.78. The van der Waals surface area contributed by atoms with Gasteiger partial charge in [-0.2, -0.15) is 0 Å². The molecule has 100 valence electrons. The quantitative estimate of drug-likeness (QED) is 0.881. The van der Waals surface area contributed by atoms with Gasteiger partial charge in [0.2, 0.25) is 0 Å². The van der Waals surface area contributed by atoms with E-state index in [1.807, 2.05) is 43.6 Å². The van der Waals surface area contributed by atoms with E-state index in [-0.39, 0.29) is 6.04 Å². The van der Waals surface area contributed by atoms with Gasteiger partial charge in [-0.15, -0.1) is 0 Å². The lowest BCUT2D eigenvalue weighted by Crippen LogP contribution is -2.33. The molecular weight excluding hydrogens is 260 g/mol. The topological polar surface area (TPSA) is 34.1 Å². The van der Waals surface area contributed by atoms with E-state index in [1.54, 1.807) is 6.20 Å². The summed E-state index contributed by atoms with van der Waals surface area (Å²) in [5.74, 6) is 0.829. The van der Waals surface area contributed by atoms with Gasteiger partial charge in [0.1, 0.15) is 12.4 Å². The van der Waals surface area contributed by atoms with Crippen molar-refractivity contribution in [3.05, 3.63) is 59.4 Å². The van der Waals surface area contributed by atoms with Gasteiger partial charge < -0.3 is 10.1 Å². The number of halogens is 1. The van der Waals surface area contributed by atoms with Gasteiger partial charge in [0.25, 0.3) is 0 Å². The summed E-state index contributed by atoms with van der Waals surface area (Å²) >= 11 is 5.83. The molecule has 0 bridgehead atoms. The molecule has 1 heterocycles. The molecule has 1 unspecified atom stereocenters. The van der Waals surface area contributed by atoms with Crippen molar-refractivity contribution in [1.82, 2.24) is 10.3 Å². The normalized spacial score (nSPS) is 12.1. The molecule has 1 aromatic heterocycles. The molecule has 1 aromatic carbocycles. The third kappa shape index (κ3) is 4.54. The lowest BCUT2D eigenvalue weighted by Gasteiger charge is -2.17. The van der Waals surface area contributed by atoms with E-state index >= 15 is 0 Å². The summed E-state index contributed by atoms with van der Waals surface area (Å²) in [6.45, 7) is 0.604. The Morgan fingerprint density at radius 3 is 2.68 bits per heavy atom. The number of likely N-dealkylation sites (N-methyl/N-ethyl adjacent to an activating group) is 1. The largest absolute Gasteiger partial charge is 0.492 e. The minimum absolute atomic E-state index is 0.250. The number of rotatable bonds is 6. The highest BCUT2D eigenvalue weighted by Gasteiger charge is 2.08. The summed E-state index contributed by atoms with van der Waals surface area (Å²) < 4.78 is 5.74. The van der Waals surface area contributed by atoms with Crippen LogP contribution in [0.3, 0.4) is 0 Å². The molecule has 0 saturated carbocycles. The van der Waals surface area contributed by atoms with Crippen molar-refractivity contribution in [3.63, 3.8) is 0 Å². The first kappa shape index (κ1) is 13.8. The highest BCUT2D eigenvalue weighted by molar-refractivity contribution is 6.30. The molecule has 0 saturated heterocycles. The Morgan fingerprint density at radius 2 is 2.05 bits per heavy atom. The molecule has 0 amide bonds. The van der Waals surface area contributed by atoms with Gasteiger partial charge in [-0.3, -0.25) is 4.98 Å².